The molecule has 4 rings (SSSR count). The molecule has 2 aromatic rings. The number of allylic oxidation sites excluding steroid dienone is 2. The van der Waals surface area contributed by atoms with E-state index in [0.717, 1.165) is 23.4 Å². The van der Waals surface area contributed by atoms with Crippen molar-refractivity contribution in [3.8, 4) is 0 Å². The molecule has 1 N–H and O–H groups in total. The van der Waals surface area contributed by atoms with Crippen LogP contribution in [0.1, 0.15) is 37.0 Å². The maximum atomic E-state index is 11.0. The third-order valence-corrected chi connectivity index (χ3v) is 6.72. The Kier molecular flexibility index (Phi) is 5.87. The van der Waals surface area contributed by atoms with Gasteiger partial charge in [-0.1, -0.05) is 56.3 Å². The predicted molar refractivity (Wildman–Crippen MR) is 130 cm³/mol. The van der Waals surface area contributed by atoms with E-state index in [1.807, 2.05) is 14.1 Å². The molecule has 5 heteroatoms. The summed E-state index contributed by atoms with van der Waals surface area (Å²) < 4.78 is 6.40. The normalized spacial score (nSPS) is 21.3. The highest BCUT2D eigenvalue weighted by Crippen LogP contribution is 2.55. The molecule has 2 heterocycles. The van der Waals surface area contributed by atoms with Crippen molar-refractivity contribution in [2.75, 3.05) is 37.0 Å². The average molecular weight is 433 g/mol. The average Bonchev–Trinajstić information content (AvgIpc) is 3.27. The minimum Gasteiger partial charge on any atom is -0.481 e. The van der Waals surface area contributed by atoms with Gasteiger partial charge in [-0.3, -0.25) is 4.79 Å². The van der Waals surface area contributed by atoms with Gasteiger partial charge in [0.15, 0.2) is 5.72 Å². The number of rotatable bonds is 7. The fourth-order valence-electron chi connectivity index (χ4n) is 4.87. The Morgan fingerprint density at radius 3 is 2.59 bits per heavy atom. The first-order valence-electron chi connectivity index (χ1n) is 11.1. The zero-order chi connectivity index (χ0) is 22.9. The number of hydrogen-bond donors (Lipinski definition) is 1. The van der Waals surface area contributed by atoms with Gasteiger partial charge >= 0.3 is 5.97 Å². The van der Waals surface area contributed by atoms with E-state index in [0.29, 0.717) is 13.0 Å². The Morgan fingerprint density at radius 2 is 1.91 bits per heavy atom. The van der Waals surface area contributed by atoms with Gasteiger partial charge < -0.3 is 19.6 Å². The van der Waals surface area contributed by atoms with Crippen molar-refractivity contribution in [3.05, 3.63) is 77.4 Å². The minimum atomic E-state index is -0.768. The van der Waals surface area contributed by atoms with Crippen LogP contribution in [0.15, 0.2) is 60.7 Å². The van der Waals surface area contributed by atoms with Crippen molar-refractivity contribution >= 4 is 23.4 Å². The van der Waals surface area contributed by atoms with Crippen molar-refractivity contribution in [2.24, 2.45) is 0 Å². The summed E-state index contributed by atoms with van der Waals surface area (Å²) in [6.45, 7) is 5.94. The van der Waals surface area contributed by atoms with E-state index in [1.54, 1.807) is 0 Å². The molecule has 1 saturated heterocycles. The summed E-state index contributed by atoms with van der Waals surface area (Å²) in [5.41, 5.74) is 5.00. The second-order valence-electron chi connectivity index (χ2n) is 9.27. The second kappa shape index (κ2) is 8.47. The summed E-state index contributed by atoms with van der Waals surface area (Å²) in [5, 5.41) is 9.04. The predicted octanol–water partition coefficient (Wildman–Crippen LogP) is 4.86. The van der Waals surface area contributed by atoms with Gasteiger partial charge in [-0.15, -0.1) is 0 Å². The summed E-state index contributed by atoms with van der Waals surface area (Å²) >= 11 is 0. The van der Waals surface area contributed by atoms with E-state index < -0.39 is 11.7 Å². The van der Waals surface area contributed by atoms with Gasteiger partial charge in [0, 0.05) is 43.9 Å². The molecule has 2 aliphatic rings. The summed E-state index contributed by atoms with van der Waals surface area (Å²) in [6, 6.07) is 14.8. The number of fused-ring (bicyclic) bond motifs is 3. The molecular weight excluding hydrogens is 400 g/mol. The van der Waals surface area contributed by atoms with Gasteiger partial charge in [0.05, 0.1) is 6.61 Å². The highest BCUT2D eigenvalue weighted by molar-refractivity contribution is 5.70. The number of aliphatic carboxylic acids is 1. The largest absolute Gasteiger partial charge is 0.481 e. The number of nitrogens with zero attached hydrogens (tertiary/aromatic N) is 2. The number of carbonyl (C=O) groups is 1. The molecule has 0 aromatic heterocycles. The van der Waals surface area contributed by atoms with Crippen LogP contribution in [0.25, 0.3) is 6.08 Å². The van der Waals surface area contributed by atoms with Crippen molar-refractivity contribution in [1.29, 1.82) is 0 Å². The lowest BCUT2D eigenvalue weighted by atomic mass is 9.77. The van der Waals surface area contributed by atoms with Gasteiger partial charge in [0.25, 0.3) is 0 Å². The van der Waals surface area contributed by atoms with Gasteiger partial charge in [0.1, 0.15) is 0 Å². The fourth-order valence-corrected chi connectivity index (χ4v) is 4.87. The Hall–Kier alpha value is -3.05. The molecule has 2 aromatic carbocycles. The Balaban J connectivity index is 1.57. The number of hydrogen-bond acceptors (Lipinski definition) is 4. The lowest BCUT2D eigenvalue weighted by Gasteiger charge is -2.39. The first kappa shape index (κ1) is 22.2. The van der Waals surface area contributed by atoms with E-state index in [2.05, 4.69) is 90.4 Å². The van der Waals surface area contributed by atoms with E-state index in [1.165, 1.54) is 11.3 Å². The van der Waals surface area contributed by atoms with Crippen LogP contribution in [-0.4, -0.2) is 44.0 Å². The molecule has 0 radical (unpaired) electrons. The molecule has 0 saturated carbocycles. The van der Waals surface area contributed by atoms with Crippen molar-refractivity contribution in [1.82, 2.24) is 0 Å². The number of benzene rings is 2. The maximum absolute atomic E-state index is 11.0. The van der Waals surface area contributed by atoms with Gasteiger partial charge in [-0.25, -0.2) is 0 Å². The highest BCUT2D eigenvalue weighted by Gasteiger charge is 2.59. The Bertz CT molecular complexity index is 1050. The van der Waals surface area contributed by atoms with Crippen molar-refractivity contribution < 1.29 is 14.6 Å². The maximum Gasteiger partial charge on any atom is 0.303 e. The van der Waals surface area contributed by atoms with E-state index >= 15 is 0 Å². The van der Waals surface area contributed by atoms with Crippen LogP contribution in [-0.2, 0) is 21.4 Å². The zero-order valence-electron chi connectivity index (χ0n) is 19.3. The summed E-state index contributed by atoms with van der Waals surface area (Å²) in [6.07, 6.45) is 9.10. The molecule has 32 heavy (non-hydrogen) atoms. The lowest BCUT2D eigenvalue weighted by molar-refractivity contribution is -0.136. The van der Waals surface area contributed by atoms with Gasteiger partial charge in [-0.2, -0.15) is 0 Å². The van der Waals surface area contributed by atoms with Crippen LogP contribution < -0.4 is 9.80 Å². The van der Waals surface area contributed by atoms with Gasteiger partial charge in [0.2, 0.25) is 0 Å². The van der Waals surface area contributed by atoms with Crippen molar-refractivity contribution in [3.63, 3.8) is 0 Å². The molecule has 0 aliphatic carbocycles. The topological polar surface area (TPSA) is 53.0 Å². The molecule has 0 bridgehead atoms. The second-order valence-corrected chi connectivity index (χ2v) is 9.27. The minimum absolute atomic E-state index is 0.143. The third kappa shape index (κ3) is 3.82. The summed E-state index contributed by atoms with van der Waals surface area (Å²) in [5.74, 6) is -0.768. The molecule has 2 aliphatic heterocycles. The Morgan fingerprint density at radius 1 is 1.16 bits per heavy atom. The SMILES string of the molecule is CN(C)c1ccc(/C=C/C=C/C23OCCN2c2cc(CCC(=O)O)ccc2C3(C)C)cc1. The van der Waals surface area contributed by atoms with Crippen LogP contribution in [0.5, 0.6) is 0 Å². The number of carboxylic acids is 1. The molecule has 0 spiro atoms. The lowest BCUT2D eigenvalue weighted by Crippen LogP contribution is -2.51. The van der Waals surface area contributed by atoms with Crippen LogP contribution >= 0.6 is 0 Å². The molecule has 5 nitrogen and oxygen atoms in total. The van der Waals surface area contributed by atoms with Crippen LogP contribution in [0.4, 0.5) is 11.4 Å². The molecule has 1 unspecified atom stereocenters. The van der Waals surface area contributed by atoms with Crippen molar-refractivity contribution in [2.45, 2.75) is 37.8 Å². The highest BCUT2D eigenvalue weighted by atomic mass is 16.5. The summed E-state index contributed by atoms with van der Waals surface area (Å²) in [4.78, 5) is 15.4. The number of carboxylic acid groups (broad SMARTS) is 1. The molecule has 1 atom stereocenters. The van der Waals surface area contributed by atoms with Crippen LogP contribution in [0.3, 0.4) is 0 Å². The molecule has 168 valence electrons. The van der Waals surface area contributed by atoms with E-state index in [-0.39, 0.29) is 11.8 Å². The molecular formula is C27H32N2O3. The standard InChI is InChI=1S/C27H32N2O3/c1-26(2)23-14-10-21(11-15-25(30)31)19-24(23)29-17-18-32-27(26,29)16-6-5-7-20-8-12-22(13-9-20)28(3)4/h5-10,12-14,16,19H,11,15,17-18H2,1-4H3,(H,30,31)/b7-5+,16-6+. The fraction of sp³-hybridized carbons (Fsp3) is 0.370. The first-order valence-corrected chi connectivity index (χ1v) is 11.1. The Labute approximate surface area is 190 Å². The number of aryl methyl sites for hydroxylation is 1. The monoisotopic (exact) mass is 432 g/mol. The number of anilines is 2. The molecule has 0 amide bonds. The number of ether oxygens (including phenoxy) is 1. The third-order valence-electron chi connectivity index (χ3n) is 6.72. The smallest absolute Gasteiger partial charge is 0.303 e. The quantitative estimate of drug-likeness (QED) is 0.633. The first-order chi connectivity index (χ1) is 15.2. The van der Waals surface area contributed by atoms with Crippen LogP contribution in [0.2, 0.25) is 0 Å². The zero-order valence-corrected chi connectivity index (χ0v) is 19.3. The van der Waals surface area contributed by atoms with Crippen LogP contribution in [0, 0.1) is 0 Å². The molecule has 1 fully saturated rings. The van der Waals surface area contributed by atoms with E-state index in [9.17, 15) is 4.79 Å². The van der Waals surface area contributed by atoms with E-state index in [4.69, 9.17) is 9.84 Å². The summed E-state index contributed by atoms with van der Waals surface area (Å²) in [7, 11) is 4.08. The van der Waals surface area contributed by atoms with Gasteiger partial charge in [-0.05, 0) is 47.4 Å².